The van der Waals surface area contributed by atoms with Gasteiger partial charge in [-0.05, 0) is 105 Å². The van der Waals surface area contributed by atoms with Crippen molar-refractivity contribution in [3.8, 4) is 0 Å². The first-order valence-electron chi connectivity index (χ1n) is 11.1. The van der Waals surface area contributed by atoms with Gasteiger partial charge in [0.2, 0.25) is 0 Å². The van der Waals surface area contributed by atoms with Crippen molar-refractivity contribution in [2.24, 2.45) is 0 Å². The van der Waals surface area contributed by atoms with Gasteiger partial charge in [-0.3, -0.25) is 0 Å². The molecule has 0 bridgehead atoms. The van der Waals surface area contributed by atoms with Crippen LogP contribution in [0.3, 0.4) is 0 Å². The quantitative estimate of drug-likeness (QED) is 0.282. The minimum absolute atomic E-state index is 1.15. The second-order valence-electron chi connectivity index (χ2n) is 11.4. The van der Waals surface area contributed by atoms with Crippen molar-refractivity contribution in [1.29, 1.82) is 0 Å². The van der Waals surface area contributed by atoms with Crippen molar-refractivity contribution in [1.82, 2.24) is 0 Å². The Morgan fingerprint density at radius 3 is 0.800 bits per heavy atom. The van der Waals surface area contributed by atoms with Crippen LogP contribution in [-0.4, -0.2) is 68.0 Å². The predicted octanol–water partition coefficient (Wildman–Crippen LogP) is 5.35. The second kappa shape index (κ2) is 10.8. The molecule has 0 saturated heterocycles. The molecule has 0 amide bonds. The van der Waals surface area contributed by atoms with Gasteiger partial charge in [0.05, 0.1) is 0 Å². The fourth-order valence-electron chi connectivity index (χ4n) is 3.88. The standard InChI is InChI=1S/C16H50O6Si8/c1-23(2)17-25(5,6)19-27(9,10)21-29(13,14)30(15,16)22-28(11,12)20-26(7,8)18-24(3)4/h23-24H,1-16H3. The zero-order chi connectivity index (χ0) is 24.4. The minimum atomic E-state index is -2.36. The highest BCUT2D eigenvalue weighted by molar-refractivity contribution is 7.37. The van der Waals surface area contributed by atoms with Crippen molar-refractivity contribution in [2.45, 2.75) is 105 Å². The lowest BCUT2D eigenvalue weighted by Gasteiger charge is -2.47. The third-order valence-corrected chi connectivity index (χ3v) is 42.1. The van der Waals surface area contributed by atoms with Crippen LogP contribution in [0.15, 0.2) is 0 Å². The third kappa shape index (κ3) is 12.1. The molecule has 0 aromatic heterocycles. The first-order valence-corrected chi connectivity index (χ1v) is 34.7. The van der Waals surface area contributed by atoms with Gasteiger partial charge in [-0.15, -0.1) is 0 Å². The van der Waals surface area contributed by atoms with Crippen molar-refractivity contribution < 1.29 is 24.7 Å². The first kappa shape index (κ1) is 31.5. The van der Waals surface area contributed by atoms with E-state index >= 15 is 0 Å². The van der Waals surface area contributed by atoms with E-state index in [-0.39, 0.29) is 0 Å². The van der Waals surface area contributed by atoms with E-state index in [2.05, 4.69) is 105 Å². The third-order valence-electron chi connectivity index (χ3n) is 4.47. The molecule has 30 heavy (non-hydrogen) atoms. The van der Waals surface area contributed by atoms with Crippen LogP contribution in [0.4, 0.5) is 0 Å². The largest absolute Gasteiger partial charge is 0.440 e. The van der Waals surface area contributed by atoms with Gasteiger partial charge in [0.1, 0.15) is 0 Å². The van der Waals surface area contributed by atoms with Gasteiger partial charge in [-0.2, -0.15) is 0 Å². The van der Waals surface area contributed by atoms with Crippen molar-refractivity contribution >= 4 is 68.0 Å². The van der Waals surface area contributed by atoms with Crippen LogP contribution in [0.5, 0.6) is 0 Å². The molecular formula is C16H50O6Si8. The van der Waals surface area contributed by atoms with E-state index in [0.717, 1.165) is 0 Å². The molecule has 0 aliphatic carbocycles. The summed E-state index contributed by atoms with van der Waals surface area (Å²) in [6.45, 7) is 35.1. The summed E-state index contributed by atoms with van der Waals surface area (Å²) in [4.78, 5) is 0. The maximum absolute atomic E-state index is 6.86. The number of hydrogen-bond acceptors (Lipinski definition) is 6. The summed E-state index contributed by atoms with van der Waals surface area (Å²) in [5, 5.41) is 0. The Bertz CT molecular complexity index is 504. The Hall–Kier alpha value is 1.50. The molecule has 0 saturated carbocycles. The molecule has 0 N–H and O–H groups in total. The SMILES string of the molecule is C[SiH](C)O[Si](C)(C)O[Si](C)(C)O[Si](C)(C)[Si](C)(C)O[Si](C)(C)O[Si](C)(C)O[SiH](C)C. The zero-order valence-corrected chi connectivity index (χ0v) is 30.9. The molecule has 0 radical (unpaired) electrons. The average Bonchev–Trinajstić information content (AvgIpc) is 2.26. The summed E-state index contributed by atoms with van der Waals surface area (Å²) in [5.74, 6) is 0. The molecular weight excluding hydrogens is 513 g/mol. The van der Waals surface area contributed by atoms with Gasteiger partial charge < -0.3 is 24.7 Å². The molecule has 0 aromatic carbocycles. The Balaban J connectivity index is 5.36. The van der Waals surface area contributed by atoms with Crippen LogP contribution >= 0.6 is 0 Å². The molecule has 0 rings (SSSR count). The van der Waals surface area contributed by atoms with Crippen LogP contribution in [0.2, 0.25) is 105 Å². The van der Waals surface area contributed by atoms with Gasteiger partial charge in [-0.1, -0.05) is 0 Å². The van der Waals surface area contributed by atoms with E-state index in [1.165, 1.54) is 0 Å². The highest BCUT2D eigenvalue weighted by atomic mass is 29.3. The summed E-state index contributed by atoms with van der Waals surface area (Å²) in [7, 11) is -15.7. The molecule has 0 fully saturated rings. The molecule has 6 nitrogen and oxygen atoms in total. The maximum atomic E-state index is 6.86. The topological polar surface area (TPSA) is 55.4 Å². The molecule has 0 aromatic rings. The summed E-state index contributed by atoms with van der Waals surface area (Å²) in [5.41, 5.74) is 0. The van der Waals surface area contributed by atoms with Crippen molar-refractivity contribution in [3.63, 3.8) is 0 Å². The fourth-order valence-corrected chi connectivity index (χ4v) is 45.4. The summed E-state index contributed by atoms with van der Waals surface area (Å²) < 4.78 is 39.3. The van der Waals surface area contributed by atoms with Crippen molar-refractivity contribution in [2.75, 3.05) is 0 Å². The lowest BCUT2D eigenvalue weighted by atomic mass is 11.9. The normalized spacial score (nSPS) is 15.4. The maximum Gasteiger partial charge on any atom is 0.312 e. The van der Waals surface area contributed by atoms with Gasteiger partial charge in [0, 0.05) is 0 Å². The molecule has 0 unspecified atom stereocenters. The summed E-state index contributed by atoms with van der Waals surface area (Å²) in [6, 6.07) is 0. The number of rotatable bonds is 13. The monoisotopic (exact) mass is 562 g/mol. The van der Waals surface area contributed by atoms with E-state index in [1.54, 1.807) is 0 Å². The lowest BCUT2D eigenvalue weighted by molar-refractivity contribution is 0.324. The van der Waals surface area contributed by atoms with E-state index < -0.39 is 68.0 Å². The Labute approximate surface area is 196 Å². The summed E-state index contributed by atoms with van der Waals surface area (Å²) >= 11 is 0. The lowest BCUT2D eigenvalue weighted by Crippen LogP contribution is -2.68. The highest BCUT2D eigenvalue weighted by Gasteiger charge is 2.53. The zero-order valence-electron chi connectivity index (χ0n) is 22.6. The molecule has 0 atom stereocenters. The molecule has 0 heterocycles. The molecule has 0 spiro atoms. The molecule has 0 aliphatic rings. The minimum Gasteiger partial charge on any atom is -0.440 e. The first-order chi connectivity index (χ1) is 12.9. The second-order valence-corrected chi connectivity index (χ2v) is 45.2. The van der Waals surface area contributed by atoms with E-state index in [1.807, 2.05) is 0 Å². The average molecular weight is 563 g/mol. The van der Waals surface area contributed by atoms with Crippen LogP contribution < -0.4 is 0 Å². The Morgan fingerprint density at radius 2 is 0.600 bits per heavy atom. The summed E-state index contributed by atoms with van der Waals surface area (Å²) in [6.07, 6.45) is 0. The van der Waals surface area contributed by atoms with Crippen LogP contribution in [0, 0.1) is 0 Å². The van der Waals surface area contributed by atoms with Crippen molar-refractivity contribution in [3.05, 3.63) is 0 Å². The highest BCUT2D eigenvalue weighted by Crippen LogP contribution is 2.31. The van der Waals surface area contributed by atoms with Gasteiger partial charge in [0.15, 0.2) is 33.8 Å². The van der Waals surface area contributed by atoms with Crippen LogP contribution in [0.25, 0.3) is 0 Å². The predicted molar refractivity (Wildman–Crippen MR) is 149 cm³/mol. The molecule has 14 heteroatoms. The van der Waals surface area contributed by atoms with E-state index in [9.17, 15) is 0 Å². The molecule has 0 aliphatic heterocycles. The Morgan fingerprint density at radius 1 is 0.367 bits per heavy atom. The Kier molecular flexibility index (Phi) is 11.4. The van der Waals surface area contributed by atoms with Crippen LogP contribution in [-0.2, 0) is 24.7 Å². The van der Waals surface area contributed by atoms with Crippen LogP contribution in [0.1, 0.15) is 0 Å². The molecule has 182 valence electrons. The van der Waals surface area contributed by atoms with E-state index in [0.29, 0.717) is 0 Å². The fraction of sp³-hybridized carbons (Fsp3) is 1.00. The number of hydrogen-bond donors (Lipinski definition) is 0. The van der Waals surface area contributed by atoms with E-state index in [4.69, 9.17) is 24.7 Å². The van der Waals surface area contributed by atoms with Gasteiger partial charge in [-0.25, -0.2) is 0 Å². The van der Waals surface area contributed by atoms with Gasteiger partial charge >= 0.3 is 34.2 Å². The van der Waals surface area contributed by atoms with Gasteiger partial charge in [0.25, 0.3) is 0 Å². The smallest absolute Gasteiger partial charge is 0.312 e.